The molecule has 0 radical (unpaired) electrons. The Morgan fingerprint density at radius 1 is 0.288 bits per heavy atom. The number of nitrogens with zero attached hydrogens (tertiary/aromatic N) is 2. The monoisotopic (exact) mass is 930 g/mol. The Labute approximate surface area is 420 Å². The molecule has 0 saturated carbocycles. The number of hydrogen-bond acceptors (Lipinski definition) is 4. The molecule has 0 atom stereocenters. The Balaban J connectivity index is 1.13. The van der Waals surface area contributed by atoms with Crippen molar-refractivity contribution in [1.29, 1.82) is 0 Å². The second-order valence-electron chi connectivity index (χ2n) is 19.4. The third kappa shape index (κ3) is 5.49. The zero-order valence-corrected chi connectivity index (χ0v) is 39.5. The second kappa shape index (κ2) is 15.2. The lowest BCUT2D eigenvalue weighted by atomic mass is 9.69. The van der Waals surface area contributed by atoms with Gasteiger partial charge < -0.3 is 18.6 Å². The normalized spacial score (nSPS) is 13.0. The molecule has 0 amide bonds. The van der Waals surface area contributed by atoms with Crippen LogP contribution in [0.5, 0.6) is 0 Å². The molecule has 0 N–H and O–H groups in total. The number of anilines is 6. The summed E-state index contributed by atoms with van der Waals surface area (Å²) in [5.41, 5.74) is 19.1. The van der Waals surface area contributed by atoms with E-state index in [1.165, 1.54) is 44.5 Å². The van der Waals surface area contributed by atoms with E-state index in [0.29, 0.717) is 0 Å². The largest absolute Gasteiger partial charge is 0.456 e. The highest BCUT2D eigenvalue weighted by Crippen LogP contribution is 2.68. The maximum Gasteiger partial charge on any atom is 0.143 e. The van der Waals surface area contributed by atoms with Crippen molar-refractivity contribution in [3.63, 3.8) is 0 Å². The van der Waals surface area contributed by atoms with Gasteiger partial charge in [-0.15, -0.1) is 0 Å². The number of benzene rings is 12. The molecule has 16 rings (SSSR count). The van der Waals surface area contributed by atoms with Gasteiger partial charge in [-0.3, -0.25) is 0 Å². The van der Waals surface area contributed by atoms with Gasteiger partial charge in [-0.25, -0.2) is 0 Å². The summed E-state index contributed by atoms with van der Waals surface area (Å²) in [5.74, 6) is 0. The molecule has 0 fully saturated rings. The first kappa shape index (κ1) is 40.1. The van der Waals surface area contributed by atoms with E-state index >= 15 is 0 Å². The van der Waals surface area contributed by atoms with Gasteiger partial charge in [0, 0.05) is 60.8 Å². The Morgan fingerprint density at radius 3 is 1.42 bits per heavy atom. The van der Waals surface area contributed by atoms with Gasteiger partial charge in [-0.2, -0.15) is 0 Å². The van der Waals surface area contributed by atoms with Crippen molar-refractivity contribution in [1.82, 2.24) is 0 Å². The first-order chi connectivity index (χ1) is 36.2. The molecule has 0 aliphatic heterocycles. The van der Waals surface area contributed by atoms with Gasteiger partial charge in [-0.05, 0) is 146 Å². The maximum absolute atomic E-state index is 7.30. The van der Waals surface area contributed by atoms with Gasteiger partial charge in [0.2, 0.25) is 0 Å². The van der Waals surface area contributed by atoms with Crippen molar-refractivity contribution in [3.8, 4) is 22.3 Å². The van der Waals surface area contributed by atoms with Gasteiger partial charge in [0.15, 0.2) is 0 Å². The predicted octanol–water partition coefficient (Wildman–Crippen LogP) is 19.1. The zero-order valence-electron chi connectivity index (χ0n) is 39.5. The lowest BCUT2D eigenvalue weighted by molar-refractivity contribution is 0.669. The van der Waals surface area contributed by atoms with Crippen LogP contribution >= 0.6 is 0 Å². The molecular weight excluding hydrogens is 889 g/mol. The Hall–Kier alpha value is -9.64. The first-order valence-corrected chi connectivity index (χ1v) is 25.1. The minimum absolute atomic E-state index is 0.756. The van der Waals surface area contributed by atoms with Crippen LogP contribution in [0.2, 0.25) is 0 Å². The van der Waals surface area contributed by atoms with Crippen molar-refractivity contribution in [2.24, 2.45) is 0 Å². The number of hydrogen-bond donors (Lipinski definition) is 0. The summed E-state index contributed by atoms with van der Waals surface area (Å²) >= 11 is 0. The van der Waals surface area contributed by atoms with Gasteiger partial charge in [0.1, 0.15) is 22.3 Å². The number of para-hydroxylation sites is 6. The maximum atomic E-state index is 7.30. The molecule has 0 bridgehead atoms. The minimum atomic E-state index is -0.756. The first-order valence-electron chi connectivity index (χ1n) is 25.1. The molecule has 0 saturated heterocycles. The summed E-state index contributed by atoms with van der Waals surface area (Å²) in [6.07, 6.45) is 0. The molecule has 2 heterocycles. The van der Waals surface area contributed by atoms with Crippen molar-refractivity contribution in [2.45, 2.75) is 5.41 Å². The van der Waals surface area contributed by atoms with Crippen LogP contribution in [-0.4, -0.2) is 0 Å². The summed E-state index contributed by atoms with van der Waals surface area (Å²) in [7, 11) is 0. The summed E-state index contributed by atoms with van der Waals surface area (Å²) in [6, 6.07) is 92.7. The molecule has 12 aromatic carbocycles. The molecule has 4 heteroatoms. The highest BCUT2D eigenvalue weighted by molar-refractivity contribution is 6.29. The van der Waals surface area contributed by atoms with Crippen molar-refractivity contribution in [2.75, 3.05) is 9.80 Å². The van der Waals surface area contributed by atoms with E-state index in [-0.39, 0.29) is 0 Å². The van der Waals surface area contributed by atoms with Crippen LogP contribution in [-0.2, 0) is 5.41 Å². The fourth-order valence-electron chi connectivity index (χ4n) is 12.9. The third-order valence-corrected chi connectivity index (χ3v) is 15.8. The van der Waals surface area contributed by atoms with E-state index in [4.69, 9.17) is 8.83 Å². The summed E-state index contributed by atoms with van der Waals surface area (Å²) < 4.78 is 14.2. The van der Waals surface area contributed by atoms with Crippen LogP contribution in [0.4, 0.5) is 34.1 Å². The lowest BCUT2D eigenvalue weighted by Crippen LogP contribution is -2.26. The van der Waals surface area contributed by atoms with E-state index in [2.05, 4.69) is 265 Å². The van der Waals surface area contributed by atoms with Crippen molar-refractivity contribution >= 4 is 99.5 Å². The van der Waals surface area contributed by atoms with Crippen LogP contribution in [0.1, 0.15) is 22.3 Å². The quantitative estimate of drug-likeness (QED) is 0.166. The molecule has 4 nitrogen and oxygen atoms in total. The van der Waals surface area contributed by atoms with Crippen molar-refractivity contribution in [3.05, 3.63) is 277 Å². The number of fused-ring (bicyclic) bond motifs is 22. The van der Waals surface area contributed by atoms with E-state index in [0.717, 1.165) is 99.5 Å². The van der Waals surface area contributed by atoms with E-state index in [9.17, 15) is 0 Å². The van der Waals surface area contributed by atoms with Crippen molar-refractivity contribution < 1.29 is 8.83 Å². The average Bonchev–Trinajstić information content (AvgIpc) is 4.20. The molecule has 0 unspecified atom stereocenters. The van der Waals surface area contributed by atoms with Crippen LogP contribution in [0.3, 0.4) is 0 Å². The van der Waals surface area contributed by atoms with Gasteiger partial charge in [-0.1, -0.05) is 164 Å². The summed E-state index contributed by atoms with van der Waals surface area (Å²) in [5, 5.41) is 8.85. The molecule has 2 aliphatic carbocycles. The standard InChI is InChI=1S/C69H42N2O2/c1-5-21-43(22-6-1)70(44-23-7-2-8-24-44)47-37-38-51-56(39-47)68-65(52-32-16-20-36-62(52)73-68)66-64-55-41-63-54(50-31-15-19-35-61(50)72-63)40-53(55)60(71(45-25-9-3-10-26-45)46-27-11-4-12-28-46)42-59(64)69(67(51)66)57-33-17-13-29-48(57)49-30-14-18-34-58(49)69/h1-42H. The summed E-state index contributed by atoms with van der Waals surface area (Å²) in [4.78, 5) is 4.81. The highest BCUT2D eigenvalue weighted by atomic mass is 16.3. The molecule has 2 aliphatic rings. The number of rotatable bonds is 6. The average molecular weight is 931 g/mol. The molecule has 14 aromatic rings. The second-order valence-corrected chi connectivity index (χ2v) is 19.4. The van der Waals surface area contributed by atoms with Crippen LogP contribution in [0, 0.1) is 0 Å². The van der Waals surface area contributed by atoms with Crippen LogP contribution < -0.4 is 9.80 Å². The predicted molar refractivity (Wildman–Crippen MR) is 302 cm³/mol. The fourth-order valence-corrected chi connectivity index (χ4v) is 12.9. The molecule has 73 heavy (non-hydrogen) atoms. The Morgan fingerprint density at radius 2 is 0.808 bits per heavy atom. The van der Waals surface area contributed by atoms with Crippen LogP contribution in [0.15, 0.2) is 264 Å². The Kier molecular flexibility index (Phi) is 8.35. The lowest BCUT2D eigenvalue weighted by Gasteiger charge is -2.34. The van der Waals surface area contributed by atoms with Gasteiger partial charge in [0.05, 0.1) is 11.1 Å². The van der Waals surface area contributed by atoms with E-state index < -0.39 is 5.41 Å². The van der Waals surface area contributed by atoms with Crippen LogP contribution in [0.25, 0.3) is 87.7 Å². The summed E-state index contributed by atoms with van der Waals surface area (Å²) in [6.45, 7) is 0. The smallest absolute Gasteiger partial charge is 0.143 e. The molecule has 2 aromatic heterocycles. The van der Waals surface area contributed by atoms with E-state index in [1.807, 2.05) is 0 Å². The Bertz CT molecular complexity index is 4430. The molecule has 340 valence electrons. The molecule has 1 spiro atoms. The zero-order chi connectivity index (χ0) is 47.8. The molecular formula is C69H42N2O2. The van der Waals surface area contributed by atoms with E-state index in [1.54, 1.807) is 0 Å². The highest BCUT2D eigenvalue weighted by Gasteiger charge is 2.54. The SMILES string of the molecule is c1ccc(N(c2ccccc2)c2ccc3c4c(c5c6ccccc6oc5c3c2)-c2c(cc(N(c3ccccc3)c3ccccc3)c3cc5c(cc23)oc2ccccc25)C42c3ccccc3-c3ccccc32)cc1. The number of furan rings is 2. The fraction of sp³-hybridized carbons (Fsp3) is 0.0145. The van der Waals surface area contributed by atoms with Gasteiger partial charge in [0.25, 0.3) is 0 Å². The van der Waals surface area contributed by atoms with Gasteiger partial charge >= 0.3 is 0 Å². The minimum Gasteiger partial charge on any atom is -0.456 e. The topological polar surface area (TPSA) is 32.8 Å². The third-order valence-electron chi connectivity index (χ3n) is 15.8.